The van der Waals surface area contributed by atoms with Crippen molar-refractivity contribution in [3.8, 4) is 0 Å². The zero-order valence-corrected chi connectivity index (χ0v) is 11.5. The molecule has 0 heterocycles. The van der Waals surface area contributed by atoms with Crippen LogP contribution in [-0.2, 0) is 9.53 Å². The number of hydrogen-bond acceptors (Lipinski definition) is 3. The molecule has 2 atom stereocenters. The zero-order chi connectivity index (χ0) is 13.7. The van der Waals surface area contributed by atoms with Gasteiger partial charge in [0.25, 0.3) is 0 Å². The van der Waals surface area contributed by atoms with Crippen molar-refractivity contribution < 1.29 is 14.6 Å². The quantitative estimate of drug-likeness (QED) is 0.817. The molecular formula is C15H22O3. The van der Waals surface area contributed by atoms with Crippen molar-refractivity contribution in [3.63, 3.8) is 0 Å². The lowest BCUT2D eigenvalue weighted by atomic mass is 9.93. The summed E-state index contributed by atoms with van der Waals surface area (Å²) in [5, 5.41) is 10.2. The fraction of sp³-hybridized carbons (Fsp3) is 0.533. The van der Waals surface area contributed by atoms with Gasteiger partial charge < -0.3 is 9.84 Å². The maximum atomic E-state index is 11.2. The molecule has 0 bridgehead atoms. The number of aliphatic hydroxyl groups excluding tert-OH is 1. The van der Waals surface area contributed by atoms with Gasteiger partial charge in [0.2, 0.25) is 0 Å². The largest absolute Gasteiger partial charge is 0.469 e. The lowest BCUT2D eigenvalue weighted by Gasteiger charge is -2.18. The third-order valence-corrected chi connectivity index (χ3v) is 3.20. The molecule has 3 heteroatoms. The summed E-state index contributed by atoms with van der Waals surface area (Å²) < 4.78 is 4.61. The van der Waals surface area contributed by atoms with Crippen LogP contribution in [0.3, 0.4) is 0 Å². The normalized spacial score (nSPS) is 14.3. The van der Waals surface area contributed by atoms with Gasteiger partial charge in [-0.05, 0) is 23.0 Å². The van der Waals surface area contributed by atoms with Crippen LogP contribution in [0.4, 0.5) is 0 Å². The number of carbonyl (C=O) groups excluding carboxylic acids is 1. The molecule has 3 nitrogen and oxygen atoms in total. The van der Waals surface area contributed by atoms with Gasteiger partial charge in [0.15, 0.2) is 0 Å². The van der Waals surface area contributed by atoms with Crippen molar-refractivity contribution in [2.45, 2.75) is 39.2 Å². The van der Waals surface area contributed by atoms with E-state index in [1.807, 2.05) is 31.2 Å². The lowest BCUT2D eigenvalue weighted by molar-refractivity contribution is -0.142. The maximum absolute atomic E-state index is 11.2. The van der Waals surface area contributed by atoms with E-state index in [-0.39, 0.29) is 18.3 Å². The van der Waals surface area contributed by atoms with Crippen molar-refractivity contribution in [2.75, 3.05) is 7.11 Å². The zero-order valence-electron chi connectivity index (χ0n) is 11.5. The summed E-state index contributed by atoms with van der Waals surface area (Å²) in [6, 6.07) is 7.89. The Kier molecular flexibility index (Phi) is 5.35. The lowest BCUT2D eigenvalue weighted by Crippen LogP contribution is -2.15. The smallest absolute Gasteiger partial charge is 0.305 e. The molecule has 1 aromatic rings. The maximum Gasteiger partial charge on any atom is 0.305 e. The van der Waals surface area contributed by atoms with E-state index in [2.05, 4.69) is 18.6 Å². The second kappa shape index (κ2) is 6.55. The van der Waals surface area contributed by atoms with Gasteiger partial charge in [-0.3, -0.25) is 4.79 Å². The Hall–Kier alpha value is -1.35. The van der Waals surface area contributed by atoms with E-state index >= 15 is 0 Å². The number of esters is 1. The second-order valence-corrected chi connectivity index (χ2v) is 5.02. The van der Waals surface area contributed by atoms with Crippen molar-refractivity contribution in [1.82, 2.24) is 0 Å². The van der Waals surface area contributed by atoms with Crippen LogP contribution in [0, 0.1) is 5.92 Å². The summed E-state index contributed by atoms with van der Waals surface area (Å²) in [5.41, 5.74) is 2.09. The first-order chi connectivity index (χ1) is 8.45. The van der Waals surface area contributed by atoms with Gasteiger partial charge in [-0.25, -0.2) is 0 Å². The molecule has 0 saturated heterocycles. The molecule has 1 N–H and O–H groups in total. The van der Waals surface area contributed by atoms with Gasteiger partial charge >= 0.3 is 5.97 Å². The van der Waals surface area contributed by atoms with Crippen molar-refractivity contribution >= 4 is 5.97 Å². The number of carbonyl (C=O) groups is 1. The molecule has 0 aliphatic heterocycles. The molecule has 18 heavy (non-hydrogen) atoms. The van der Waals surface area contributed by atoms with Crippen molar-refractivity contribution in [1.29, 1.82) is 0 Å². The molecule has 0 amide bonds. The number of methoxy groups -OCH3 is 1. The highest BCUT2D eigenvalue weighted by atomic mass is 16.5. The summed E-state index contributed by atoms with van der Waals surface area (Å²) in [4.78, 5) is 11.2. The highest BCUT2D eigenvalue weighted by Gasteiger charge is 2.19. The van der Waals surface area contributed by atoms with Crippen LogP contribution in [0.2, 0.25) is 0 Å². The molecule has 2 unspecified atom stereocenters. The Morgan fingerprint density at radius 2 is 1.67 bits per heavy atom. The summed E-state index contributed by atoms with van der Waals surface area (Å²) in [6.07, 6.45) is -0.408. The highest BCUT2D eigenvalue weighted by molar-refractivity contribution is 5.69. The molecule has 100 valence electrons. The Labute approximate surface area is 109 Å². The molecule has 0 radical (unpaired) electrons. The second-order valence-electron chi connectivity index (χ2n) is 5.02. The average molecular weight is 250 g/mol. The number of benzene rings is 1. The van der Waals surface area contributed by atoms with E-state index < -0.39 is 6.10 Å². The summed E-state index contributed by atoms with van der Waals surface area (Å²) in [7, 11) is 1.36. The Bertz CT molecular complexity index is 381. The van der Waals surface area contributed by atoms with Crippen LogP contribution in [0.5, 0.6) is 0 Å². The standard InChI is InChI=1S/C15H22O3/c1-10(2)12-5-7-13(8-6-12)15(17)11(3)9-14(16)18-4/h5-8,10-11,15,17H,9H2,1-4H3. The topological polar surface area (TPSA) is 46.5 Å². The van der Waals surface area contributed by atoms with Gasteiger partial charge in [0.05, 0.1) is 19.6 Å². The van der Waals surface area contributed by atoms with Gasteiger partial charge in [-0.15, -0.1) is 0 Å². The highest BCUT2D eigenvalue weighted by Crippen LogP contribution is 2.26. The minimum absolute atomic E-state index is 0.151. The van der Waals surface area contributed by atoms with Crippen LogP contribution < -0.4 is 0 Å². The van der Waals surface area contributed by atoms with E-state index in [1.54, 1.807) is 0 Å². The molecule has 0 saturated carbocycles. The third-order valence-electron chi connectivity index (χ3n) is 3.20. The predicted molar refractivity (Wildman–Crippen MR) is 71.3 cm³/mol. The fourth-order valence-electron chi connectivity index (χ4n) is 1.86. The van der Waals surface area contributed by atoms with Crippen molar-refractivity contribution in [3.05, 3.63) is 35.4 Å². The van der Waals surface area contributed by atoms with Crippen molar-refractivity contribution in [2.24, 2.45) is 5.92 Å². The predicted octanol–water partition coefficient (Wildman–Crippen LogP) is 3.04. The molecule has 1 rings (SSSR count). The molecule has 0 fully saturated rings. The number of aliphatic hydroxyl groups is 1. The number of ether oxygens (including phenoxy) is 1. The van der Waals surface area contributed by atoms with Gasteiger partial charge in [0.1, 0.15) is 0 Å². The van der Waals surface area contributed by atoms with E-state index in [9.17, 15) is 9.90 Å². The molecule has 1 aromatic carbocycles. The SMILES string of the molecule is COC(=O)CC(C)C(O)c1ccc(C(C)C)cc1. The van der Waals surface area contributed by atoms with Gasteiger partial charge in [-0.1, -0.05) is 45.0 Å². The molecule has 0 aliphatic carbocycles. The molecule has 0 aliphatic rings. The van der Waals surface area contributed by atoms with Gasteiger partial charge in [-0.2, -0.15) is 0 Å². The number of hydrogen-bond donors (Lipinski definition) is 1. The molecular weight excluding hydrogens is 228 g/mol. The third kappa shape index (κ3) is 3.84. The van der Waals surface area contributed by atoms with E-state index in [0.29, 0.717) is 5.92 Å². The first-order valence-corrected chi connectivity index (χ1v) is 6.30. The first-order valence-electron chi connectivity index (χ1n) is 6.30. The minimum atomic E-state index is -0.634. The van der Waals surface area contributed by atoms with Crippen LogP contribution in [0.25, 0.3) is 0 Å². The monoisotopic (exact) mass is 250 g/mol. The number of rotatable bonds is 5. The fourth-order valence-corrected chi connectivity index (χ4v) is 1.86. The first kappa shape index (κ1) is 14.7. The van der Waals surface area contributed by atoms with Crippen LogP contribution >= 0.6 is 0 Å². The van der Waals surface area contributed by atoms with Crippen LogP contribution in [0.15, 0.2) is 24.3 Å². The Balaban J connectivity index is 2.71. The minimum Gasteiger partial charge on any atom is -0.469 e. The Morgan fingerprint density at radius 3 is 2.11 bits per heavy atom. The van der Waals surface area contributed by atoms with Crippen LogP contribution in [-0.4, -0.2) is 18.2 Å². The average Bonchev–Trinajstić information content (AvgIpc) is 2.37. The summed E-state index contributed by atoms with van der Waals surface area (Å²) >= 11 is 0. The summed E-state index contributed by atoms with van der Waals surface area (Å²) in [5.74, 6) is 0.0337. The molecule has 0 spiro atoms. The van der Waals surface area contributed by atoms with E-state index in [1.165, 1.54) is 12.7 Å². The van der Waals surface area contributed by atoms with E-state index in [4.69, 9.17) is 0 Å². The van der Waals surface area contributed by atoms with Gasteiger partial charge in [0, 0.05) is 0 Å². The van der Waals surface area contributed by atoms with Crippen LogP contribution in [0.1, 0.15) is 50.3 Å². The van der Waals surface area contributed by atoms with E-state index in [0.717, 1.165) is 5.56 Å². The Morgan fingerprint density at radius 1 is 1.17 bits per heavy atom. The summed E-state index contributed by atoms with van der Waals surface area (Å²) in [6.45, 7) is 6.11. The molecule has 0 aromatic heterocycles.